The molecule has 1 saturated carbocycles. The summed E-state index contributed by atoms with van der Waals surface area (Å²) in [7, 11) is 0. The molecule has 0 spiro atoms. The lowest BCUT2D eigenvalue weighted by atomic mass is 9.85. The minimum absolute atomic E-state index is 0.281. The van der Waals surface area contributed by atoms with Gasteiger partial charge < -0.3 is 15.7 Å². The first kappa shape index (κ1) is 13.1. The van der Waals surface area contributed by atoms with Gasteiger partial charge in [0.05, 0.1) is 0 Å². The van der Waals surface area contributed by atoms with Crippen LogP contribution in [0.1, 0.15) is 32.6 Å². The normalized spacial score (nSPS) is 23.7. The molecular formula is C14H23N3O. The number of rotatable bonds is 5. The number of pyridine rings is 1. The molecule has 0 bridgehead atoms. The lowest BCUT2D eigenvalue weighted by Gasteiger charge is -2.31. The Hall–Kier alpha value is -1.29. The van der Waals surface area contributed by atoms with Crippen LogP contribution >= 0.6 is 0 Å². The minimum Gasteiger partial charge on any atom is -0.396 e. The maximum Gasteiger partial charge on any atom is 0.127 e. The molecule has 1 aliphatic rings. The molecule has 4 heteroatoms. The third kappa shape index (κ3) is 3.35. The van der Waals surface area contributed by atoms with Crippen molar-refractivity contribution >= 4 is 11.5 Å². The molecule has 4 nitrogen and oxygen atoms in total. The number of nitrogens with zero attached hydrogens (tertiary/aromatic N) is 1. The number of aliphatic hydroxyl groups is 1. The summed E-state index contributed by atoms with van der Waals surface area (Å²) in [6.07, 6.45) is 6.57. The van der Waals surface area contributed by atoms with E-state index in [-0.39, 0.29) is 6.61 Å². The zero-order chi connectivity index (χ0) is 12.8. The number of anilines is 2. The van der Waals surface area contributed by atoms with E-state index in [4.69, 9.17) is 0 Å². The van der Waals surface area contributed by atoms with Crippen LogP contribution in [-0.2, 0) is 0 Å². The van der Waals surface area contributed by atoms with Crippen LogP contribution in [-0.4, -0.2) is 29.3 Å². The lowest BCUT2D eigenvalue weighted by Crippen LogP contribution is -2.34. The van der Waals surface area contributed by atoms with E-state index in [2.05, 4.69) is 22.5 Å². The molecule has 1 aliphatic carbocycles. The van der Waals surface area contributed by atoms with Gasteiger partial charge >= 0.3 is 0 Å². The summed E-state index contributed by atoms with van der Waals surface area (Å²) in [4.78, 5) is 4.26. The highest BCUT2D eigenvalue weighted by Crippen LogP contribution is 2.27. The third-order valence-electron chi connectivity index (χ3n) is 3.61. The van der Waals surface area contributed by atoms with Crippen LogP contribution in [0.25, 0.3) is 0 Å². The largest absolute Gasteiger partial charge is 0.396 e. The number of aromatic nitrogens is 1. The van der Waals surface area contributed by atoms with Crippen molar-refractivity contribution in [3.05, 3.63) is 18.3 Å². The van der Waals surface area contributed by atoms with Crippen LogP contribution in [0.5, 0.6) is 0 Å². The van der Waals surface area contributed by atoms with Crippen LogP contribution in [0.3, 0.4) is 0 Å². The average molecular weight is 249 g/mol. The molecule has 0 saturated heterocycles. The van der Waals surface area contributed by atoms with Crippen LogP contribution in [0.4, 0.5) is 11.5 Å². The van der Waals surface area contributed by atoms with E-state index < -0.39 is 0 Å². The van der Waals surface area contributed by atoms with E-state index in [1.807, 2.05) is 18.3 Å². The summed E-state index contributed by atoms with van der Waals surface area (Å²) in [5.74, 6) is 1.29. The highest BCUT2D eigenvalue weighted by Gasteiger charge is 2.24. The highest BCUT2D eigenvalue weighted by atomic mass is 16.3. The smallest absolute Gasteiger partial charge is 0.127 e. The summed E-state index contributed by atoms with van der Waals surface area (Å²) in [6.45, 7) is 3.21. The molecule has 0 aromatic carbocycles. The van der Waals surface area contributed by atoms with Gasteiger partial charge in [0.2, 0.25) is 0 Å². The van der Waals surface area contributed by atoms with Gasteiger partial charge in [0.1, 0.15) is 5.82 Å². The van der Waals surface area contributed by atoms with Gasteiger partial charge in [-0.3, -0.25) is 0 Å². The highest BCUT2D eigenvalue weighted by molar-refractivity contribution is 5.52. The molecule has 3 N–H and O–H groups in total. The first-order valence-corrected chi connectivity index (χ1v) is 6.90. The van der Waals surface area contributed by atoms with Gasteiger partial charge in [-0.25, -0.2) is 4.98 Å². The summed E-state index contributed by atoms with van der Waals surface area (Å²) >= 11 is 0. The summed E-state index contributed by atoms with van der Waals surface area (Å²) < 4.78 is 0. The molecule has 18 heavy (non-hydrogen) atoms. The summed E-state index contributed by atoms with van der Waals surface area (Å²) in [6, 6.07) is 4.41. The van der Waals surface area contributed by atoms with Crippen molar-refractivity contribution in [3.8, 4) is 0 Å². The van der Waals surface area contributed by atoms with E-state index in [1.165, 1.54) is 12.8 Å². The minimum atomic E-state index is 0.281. The van der Waals surface area contributed by atoms with Crippen molar-refractivity contribution in [2.75, 3.05) is 23.8 Å². The maximum atomic E-state index is 9.41. The summed E-state index contributed by atoms with van der Waals surface area (Å²) in [5, 5.41) is 16.2. The lowest BCUT2D eigenvalue weighted by molar-refractivity contribution is 0.178. The van der Waals surface area contributed by atoms with Crippen molar-refractivity contribution in [1.82, 2.24) is 4.98 Å². The zero-order valence-electron chi connectivity index (χ0n) is 11.0. The fraction of sp³-hybridized carbons (Fsp3) is 0.643. The van der Waals surface area contributed by atoms with Gasteiger partial charge in [0.15, 0.2) is 0 Å². The van der Waals surface area contributed by atoms with E-state index in [0.29, 0.717) is 12.0 Å². The van der Waals surface area contributed by atoms with Gasteiger partial charge in [-0.05, 0) is 25.8 Å². The van der Waals surface area contributed by atoms with Gasteiger partial charge in [-0.15, -0.1) is 0 Å². The Kier molecular flexibility index (Phi) is 4.81. The van der Waals surface area contributed by atoms with Crippen LogP contribution in [0.2, 0.25) is 0 Å². The predicted molar refractivity (Wildman–Crippen MR) is 74.9 cm³/mol. The van der Waals surface area contributed by atoms with Crippen molar-refractivity contribution in [1.29, 1.82) is 0 Å². The molecule has 0 radical (unpaired) electrons. The van der Waals surface area contributed by atoms with E-state index >= 15 is 0 Å². The van der Waals surface area contributed by atoms with Crippen molar-refractivity contribution in [3.63, 3.8) is 0 Å². The average Bonchev–Trinajstić information content (AvgIpc) is 2.40. The second-order valence-corrected chi connectivity index (χ2v) is 4.94. The first-order valence-electron chi connectivity index (χ1n) is 6.90. The number of aliphatic hydroxyl groups excluding tert-OH is 1. The van der Waals surface area contributed by atoms with Crippen molar-refractivity contribution in [2.45, 2.75) is 38.6 Å². The maximum absolute atomic E-state index is 9.41. The Morgan fingerprint density at radius 2 is 2.22 bits per heavy atom. The standard InChI is InChI=1S/C14H23N3O/c1-2-15-14-9-12(7-8-16-14)17-13-6-4-3-5-11(13)10-18/h7-9,11,13,18H,2-6,10H2,1H3,(H2,15,16,17). The first-order chi connectivity index (χ1) is 8.83. The predicted octanol–water partition coefficient (Wildman–Crippen LogP) is 2.48. The second-order valence-electron chi connectivity index (χ2n) is 4.94. The number of nitrogens with one attached hydrogen (secondary N) is 2. The topological polar surface area (TPSA) is 57.2 Å². The molecule has 2 unspecified atom stereocenters. The molecular weight excluding hydrogens is 226 g/mol. The second kappa shape index (κ2) is 6.59. The molecule has 1 aromatic heterocycles. The van der Waals surface area contributed by atoms with E-state index in [9.17, 15) is 5.11 Å². The molecule has 1 aromatic rings. The Balaban J connectivity index is 2.00. The van der Waals surface area contributed by atoms with Crippen LogP contribution < -0.4 is 10.6 Å². The fourth-order valence-corrected chi connectivity index (χ4v) is 2.63. The molecule has 2 atom stereocenters. The van der Waals surface area contributed by atoms with Crippen molar-refractivity contribution < 1.29 is 5.11 Å². The molecule has 2 rings (SSSR count). The molecule has 1 fully saturated rings. The zero-order valence-corrected chi connectivity index (χ0v) is 11.0. The monoisotopic (exact) mass is 249 g/mol. The van der Waals surface area contributed by atoms with Gasteiger partial charge in [0.25, 0.3) is 0 Å². The Morgan fingerprint density at radius 3 is 3.00 bits per heavy atom. The quantitative estimate of drug-likeness (QED) is 0.750. The van der Waals surface area contributed by atoms with E-state index in [0.717, 1.165) is 30.9 Å². The summed E-state index contributed by atoms with van der Waals surface area (Å²) in [5.41, 5.74) is 1.09. The molecule has 0 amide bonds. The fourth-order valence-electron chi connectivity index (χ4n) is 2.63. The SMILES string of the molecule is CCNc1cc(NC2CCCCC2CO)ccn1. The Bertz CT molecular complexity index is 370. The van der Waals surface area contributed by atoms with E-state index in [1.54, 1.807) is 0 Å². The number of hydrogen-bond acceptors (Lipinski definition) is 4. The Morgan fingerprint density at radius 1 is 1.39 bits per heavy atom. The van der Waals surface area contributed by atoms with Crippen molar-refractivity contribution in [2.24, 2.45) is 5.92 Å². The van der Waals surface area contributed by atoms with Crippen LogP contribution in [0.15, 0.2) is 18.3 Å². The van der Waals surface area contributed by atoms with Gasteiger partial charge in [-0.2, -0.15) is 0 Å². The third-order valence-corrected chi connectivity index (χ3v) is 3.61. The van der Waals surface area contributed by atoms with Gasteiger partial charge in [-0.1, -0.05) is 12.8 Å². The Labute approximate surface area is 109 Å². The molecule has 100 valence electrons. The molecule has 1 heterocycles. The van der Waals surface area contributed by atoms with Gasteiger partial charge in [0, 0.05) is 43.1 Å². The molecule has 0 aliphatic heterocycles. The van der Waals surface area contributed by atoms with Crippen LogP contribution in [0, 0.1) is 5.92 Å². The number of hydrogen-bond donors (Lipinski definition) is 3.